The Morgan fingerprint density at radius 1 is 1.00 bits per heavy atom. The highest BCUT2D eigenvalue weighted by Gasteiger charge is 2.10. The average Bonchev–Trinajstić information content (AvgIpc) is 2.93. The highest BCUT2D eigenvalue weighted by Crippen LogP contribution is 2.21. The molecule has 0 fully saturated rings. The quantitative estimate of drug-likeness (QED) is 0.773. The summed E-state index contributed by atoms with van der Waals surface area (Å²) in [5, 5.41) is 4.38. The molecule has 2 heterocycles. The Labute approximate surface area is 117 Å². The smallest absolute Gasteiger partial charge is 0.162 e. The van der Waals surface area contributed by atoms with E-state index in [2.05, 4.69) is 15.1 Å². The molecular weight excluding hydrogens is 250 g/mol. The van der Waals surface area contributed by atoms with Crippen molar-refractivity contribution in [2.75, 3.05) is 5.73 Å². The fourth-order valence-corrected chi connectivity index (χ4v) is 2.08. The lowest BCUT2D eigenvalue weighted by molar-refractivity contribution is 0.820. The standard InChI is InChI=1S/C15H15N5/c1-10-14(16)18-11(2)19-15(10)20-9-13(8-17-20)12-6-4-3-5-7-12/h3-9H,1-2H3,(H2,16,18,19). The van der Waals surface area contributed by atoms with E-state index in [9.17, 15) is 0 Å². The van der Waals surface area contributed by atoms with Crippen LogP contribution in [0.15, 0.2) is 42.7 Å². The third kappa shape index (κ3) is 2.14. The molecular formula is C15H15N5. The van der Waals surface area contributed by atoms with Gasteiger partial charge in [-0.1, -0.05) is 30.3 Å². The number of nitrogens with zero attached hydrogens (tertiary/aromatic N) is 4. The fourth-order valence-electron chi connectivity index (χ4n) is 2.08. The number of anilines is 1. The third-order valence-electron chi connectivity index (χ3n) is 3.18. The van der Waals surface area contributed by atoms with E-state index in [1.54, 1.807) is 4.68 Å². The summed E-state index contributed by atoms with van der Waals surface area (Å²) in [7, 11) is 0. The summed E-state index contributed by atoms with van der Waals surface area (Å²) in [5.41, 5.74) is 8.88. The van der Waals surface area contributed by atoms with Crippen molar-refractivity contribution in [3.8, 4) is 16.9 Å². The van der Waals surface area contributed by atoms with Gasteiger partial charge in [-0.05, 0) is 19.4 Å². The first-order valence-corrected chi connectivity index (χ1v) is 6.36. The number of nitrogens with two attached hydrogens (primary N) is 1. The number of hydrogen-bond donors (Lipinski definition) is 1. The largest absolute Gasteiger partial charge is 0.383 e. The van der Waals surface area contributed by atoms with Crippen molar-refractivity contribution in [3.63, 3.8) is 0 Å². The van der Waals surface area contributed by atoms with Crippen molar-refractivity contribution in [1.82, 2.24) is 19.7 Å². The number of hydrogen-bond acceptors (Lipinski definition) is 4. The molecule has 0 saturated heterocycles. The fraction of sp³-hybridized carbons (Fsp3) is 0.133. The molecule has 0 amide bonds. The van der Waals surface area contributed by atoms with E-state index < -0.39 is 0 Å². The summed E-state index contributed by atoms with van der Waals surface area (Å²) in [6.45, 7) is 3.72. The maximum absolute atomic E-state index is 5.88. The van der Waals surface area contributed by atoms with Crippen LogP contribution in [0.4, 0.5) is 5.82 Å². The van der Waals surface area contributed by atoms with Crippen LogP contribution in [-0.2, 0) is 0 Å². The van der Waals surface area contributed by atoms with Gasteiger partial charge in [0.1, 0.15) is 11.6 Å². The molecule has 1 aromatic carbocycles. The topological polar surface area (TPSA) is 69.6 Å². The van der Waals surface area contributed by atoms with E-state index in [1.165, 1.54) is 0 Å². The summed E-state index contributed by atoms with van der Waals surface area (Å²) >= 11 is 0. The van der Waals surface area contributed by atoms with E-state index in [0.717, 1.165) is 22.5 Å². The van der Waals surface area contributed by atoms with Gasteiger partial charge < -0.3 is 5.73 Å². The van der Waals surface area contributed by atoms with Gasteiger partial charge in [-0.2, -0.15) is 5.10 Å². The van der Waals surface area contributed by atoms with Crippen LogP contribution in [0.1, 0.15) is 11.4 Å². The molecule has 5 nitrogen and oxygen atoms in total. The summed E-state index contributed by atoms with van der Waals surface area (Å²) in [6.07, 6.45) is 3.77. The van der Waals surface area contributed by atoms with Gasteiger partial charge in [0.2, 0.25) is 0 Å². The molecule has 100 valence electrons. The van der Waals surface area contributed by atoms with Gasteiger partial charge in [0, 0.05) is 17.3 Å². The molecule has 0 atom stereocenters. The molecule has 0 aliphatic rings. The van der Waals surface area contributed by atoms with Gasteiger partial charge in [-0.15, -0.1) is 0 Å². The number of aromatic nitrogens is 4. The van der Waals surface area contributed by atoms with Crippen molar-refractivity contribution in [2.45, 2.75) is 13.8 Å². The van der Waals surface area contributed by atoms with Gasteiger partial charge in [-0.25, -0.2) is 14.6 Å². The third-order valence-corrected chi connectivity index (χ3v) is 3.18. The lowest BCUT2D eigenvalue weighted by Crippen LogP contribution is -2.07. The Morgan fingerprint density at radius 2 is 1.75 bits per heavy atom. The minimum absolute atomic E-state index is 0.490. The molecule has 0 bridgehead atoms. The van der Waals surface area contributed by atoms with Gasteiger partial charge in [-0.3, -0.25) is 0 Å². The van der Waals surface area contributed by atoms with E-state index >= 15 is 0 Å². The molecule has 2 aromatic heterocycles. The first kappa shape index (κ1) is 12.3. The van der Waals surface area contributed by atoms with Gasteiger partial charge >= 0.3 is 0 Å². The lowest BCUT2D eigenvalue weighted by Gasteiger charge is -2.07. The van der Waals surface area contributed by atoms with Crippen LogP contribution in [0.3, 0.4) is 0 Å². The van der Waals surface area contributed by atoms with E-state index in [0.29, 0.717) is 11.6 Å². The maximum atomic E-state index is 5.88. The van der Waals surface area contributed by atoms with Crippen molar-refractivity contribution < 1.29 is 0 Å². The molecule has 2 N–H and O–H groups in total. The van der Waals surface area contributed by atoms with Gasteiger partial charge in [0.05, 0.1) is 6.20 Å². The molecule has 5 heteroatoms. The monoisotopic (exact) mass is 265 g/mol. The molecule has 0 aliphatic heterocycles. The van der Waals surface area contributed by atoms with E-state index in [1.807, 2.05) is 56.6 Å². The maximum Gasteiger partial charge on any atom is 0.162 e. The molecule has 0 saturated carbocycles. The van der Waals surface area contributed by atoms with E-state index in [4.69, 9.17) is 5.73 Å². The molecule has 0 unspecified atom stereocenters. The second-order valence-corrected chi connectivity index (χ2v) is 4.64. The normalized spacial score (nSPS) is 10.7. The van der Waals surface area contributed by atoms with Crippen molar-refractivity contribution in [2.24, 2.45) is 0 Å². The zero-order chi connectivity index (χ0) is 14.1. The van der Waals surface area contributed by atoms with Crippen LogP contribution in [0, 0.1) is 13.8 Å². The number of aryl methyl sites for hydroxylation is 1. The molecule has 20 heavy (non-hydrogen) atoms. The Bertz CT molecular complexity index is 746. The summed E-state index contributed by atoms with van der Waals surface area (Å²) in [5.74, 6) is 1.85. The average molecular weight is 265 g/mol. The van der Waals surface area contributed by atoms with Crippen molar-refractivity contribution in [1.29, 1.82) is 0 Å². The highest BCUT2D eigenvalue weighted by molar-refractivity contribution is 5.62. The number of rotatable bonds is 2. The Balaban J connectivity index is 2.07. The zero-order valence-electron chi connectivity index (χ0n) is 11.4. The van der Waals surface area contributed by atoms with Crippen LogP contribution in [0.25, 0.3) is 16.9 Å². The highest BCUT2D eigenvalue weighted by atomic mass is 15.3. The minimum Gasteiger partial charge on any atom is -0.383 e. The molecule has 0 aliphatic carbocycles. The summed E-state index contributed by atoms with van der Waals surface area (Å²) in [4.78, 5) is 8.57. The predicted molar refractivity (Wildman–Crippen MR) is 78.5 cm³/mol. The second kappa shape index (κ2) is 4.77. The van der Waals surface area contributed by atoms with Gasteiger partial charge in [0.15, 0.2) is 5.82 Å². The zero-order valence-corrected chi connectivity index (χ0v) is 11.4. The Hall–Kier alpha value is -2.69. The van der Waals surface area contributed by atoms with E-state index in [-0.39, 0.29) is 0 Å². The second-order valence-electron chi connectivity index (χ2n) is 4.64. The van der Waals surface area contributed by atoms with Crippen LogP contribution >= 0.6 is 0 Å². The van der Waals surface area contributed by atoms with Gasteiger partial charge in [0.25, 0.3) is 0 Å². The molecule has 0 radical (unpaired) electrons. The van der Waals surface area contributed by atoms with Crippen LogP contribution in [-0.4, -0.2) is 19.7 Å². The van der Waals surface area contributed by atoms with Crippen molar-refractivity contribution in [3.05, 3.63) is 54.1 Å². The van der Waals surface area contributed by atoms with Crippen molar-refractivity contribution >= 4 is 5.82 Å². The predicted octanol–water partition coefficient (Wildman–Crippen LogP) is 2.53. The van der Waals surface area contributed by atoms with Crippen LogP contribution in [0.2, 0.25) is 0 Å². The van der Waals surface area contributed by atoms with Crippen LogP contribution < -0.4 is 5.73 Å². The molecule has 0 spiro atoms. The Kier molecular flexibility index (Phi) is 2.95. The minimum atomic E-state index is 0.490. The number of benzene rings is 1. The number of nitrogen functional groups attached to an aromatic ring is 1. The SMILES string of the molecule is Cc1nc(N)c(C)c(-n2cc(-c3ccccc3)cn2)n1. The lowest BCUT2D eigenvalue weighted by atomic mass is 10.1. The molecule has 3 rings (SSSR count). The summed E-state index contributed by atoms with van der Waals surface area (Å²) in [6, 6.07) is 10.1. The first-order chi connectivity index (χ1) is 9.65. The Morgan fingerprint density at radius 3 is 2.50 bits per heavy atom. The summed E-state index contributed by atoms with van der Waals surface area (Å²) < 4.78 is 1.74. The molecule has 3 aromatic rings. The van der Waals surface area contributed by atoms with Crippen LogP contribution in [0.5, 0.6) is 0 Å². The first-order valence-electron chi connectivity index (χ1n) is 6.36.